The van der Waals surface area contributed by atoms with E-state index < -0.39 is 5.97 Å². The van der Waals surface area contributed by atoms with Gasteiger partial charge in [-0.25, -0.2) is 4.79 Å². The summed E-state index contributed by atoms with van der Waals surface area (Å²) < 4.78 is 4.69. The van der Waals surface area contributed by atoms with Crippen LogP contribution in [-0.4, -0.2) is 24.0 Å². The lowest BCUT2D eigenvalue weighted by molar-refractivity contribution is 0.0600. The molecular formula is C21H18N2O3. The lowest BCUT2D eigenvalue weighted by atomic mass is 10.0. The number of esters is 1. The van der Waals surface area contributed by atoms with Crippen molar-refractivity contribution in [3.63, 3.8) is 0 Å². The predicted octanol–water partition coefficient (Wildman–Crippen LogP) is 3.76. The largest absolute Gasteiger partial charge is 0.465 e. The molecule has 0 saturated heterocycles. The molecule has 0 unspecified atom stereocenters. The van der Waals surface area contributed by atoms with Gasteiger partial charge in [0, 0.05) is 16.8 Å². The molecule has 3 aromatic rings. The van der Waals surface area contributed by atoms with E-state index in [4.69, 9.17) is 9.72 Å². The summed E-state index contributed by atoms with van der Waals surface area (Å²) in [5.74, 6) is -0.548. The molecule has 1 aromatic heterocycles. The van der Waals surface area contributed by atoms with Crippen molar-refractivity contribution in [3.05, 3.63) is 70.9 Å². The number of benzene rings is 2. The Morgan fingerprint density at radius 1 is 1.04 bits per heavy atom. The van der Waals surface area contributed by atoms with Gasteiger partial charge in [0.05, 0.1) is 23.8 Å². The minimum atomic E-state index is -0.402. The van der Waals surface area contributed by atoms with Gasteiger partial charge in [-0.2, -0.15) is 0 Å². The zero-order valence-corrected chi connectivity index (χ0v) is 14.4. The van der Waals surface area contributed by atoms with Crippen LogP contribution in [0.15, 0.2) is 48.5 Å². The lowest BCUT2D eigenvalue weighted by Gasteiger charge is -2.13. The van der Waals surface area contributed by atoms with Crippen LogP contribution in [0.3, 0.4) is 0 Å². The standard InChI is InChI=1S/C21H18N2O3/c1-26-21(25)13-9-11-14(12-10-13)22-20(24)19-15-5-2-3-7-17(15)23-18-8-4-6-16(18)19/h2-3,5,7,9-12H,4,6,8H2,1H3,(H,22,24). The van der Waals surface area contributed by atoms with Crippen molar-refractivity contribution < 1.29 is 14.3 Å². The molecule has 1 heterocycles. The SMILES string of the molecule is COC(=O)c1ccc(NC(=O)c2c3c(nc4ccccc24)CCC3)cc1. The Labute approximate surface area is 151 Å². The molecule has 0 aliphatic heterocycles. The first-order valence-corrected chi connectivity index (χ1v) is 8.57. The number of amides is 1. The molecule has 130 valence electrons. The van der Waals surface area contributed by atoms with Crippen LogP contribution in [0.2, 0.25) is 0 Å². The Morgan fingerprint density at radius 2 is 1.81 bits per heavy atom. The first-order chi connectivity index (χ1) is 12.7. The molecule has 1 aliphatic rings. The number of methoxy groups -OCH3 is 1. The summed E-state index contributed by atoms with van der Waals surface area (Å²) in [7, 11) is 1.34. The molecule has 2 aromatic carbocycles. The van der Waals surface area contributed by atoms with Crippen molar-refractivity contribution in [2.45, 2.75) is 19.3 Å². The van der Waals surface area contributed by atoms with E-state index in [2.05, 4.69) is 5.32 Å². The number of aryl methyl sites for hydroxylation is 1. The molecule has 0 atom stereocenters. The van der Waals surface area contributed by atoms with Gasteiger partial charge in [-0.1, -0.05) is 18.2 Å². The van der Waals surface area contributed by atoms with Crippen LogP contribution in [0.1, 0.15) is 38.4 Å². The third-order valence-corrected chi connectivity index (χ3v) is 4.71. The number of para-hydroxylation sites is 1. The van der Waals surface area contributed by atoms with E-state index >= 15 is 0 Å². The number of rotatable bonds is 3. The summed E-state index contributed by atoms with van der Waals surface area (Å²) in [6, 6.07) is 14.4. The second kappa shape index (κ2) is 6.59. The van der Waals surface area contributed by atoms with Crippen molar-refractivity contribution in [2.24, 2.45) is 0 Å². The Kier molecular flexibility index (Phi) is 4.13. The number of anilines is 1. The second-order valence-corrected chi connectivity index (χ2v) is 6.31. The maximum Gasteiger partial charge on any atom is 0.337 e. The van der Waals surface area contributed by atoms with Gasteiger partial charge in [0.1, 0.15) is 0 Å². The van der Waals surface area contributed by atoms with Crippen molar-refractivity contribution in [3.8, 4) is 0 Å². The highest BCUT2D eigenvalue weighted by molar-refractivity contribution is 6.13. The van der Waals surface area contributed by atoms with Crippen LogP contribution in [0.4, 0.5) is 5.69 Å². The van der Waals surface area contributed by atoms with Crippen molar-refractivity contribution in [1.82, 2.24) is 4.98 Å². The van der Waals surface area contributed by atoms with Crippen LogP contribution in [0.5, 0.6) is 0 Å². The summed E-state index contributed by atoms with van der Waals surface area (Å²) in [5.41, 5.74) is 4.71. The van der Waals surface area contributed by atoms with Crippen molar-refractivity contribution in [1.29, 1.82) is 0 Å². The van der Waals surface area contributed by atoms with E-state index in [1.165, 1.54) is 7.11 Å². The number of fused-ring (bicyclic) bond motifs is 2. The number of nitrogens with one attached hydrogen (secondary N) is 1. The van der Waals surface area contributed by atoms with E-state index in [0.717, 1.165) is 41.4 Å². The second-order valence-electron chi connectivity index (χ2n) is 6.31. The Hall–Kier alpha value is -3.21. The number of ether oxygens (including phenoxy) is 1. The quantitative estimate of drug-likeness (QED) is 0.733. The van der Waals surface area contributed by atoms with Gasteiger partial charge in [-0.15, -0.1) is 0 Å². The van der Waals surface area contributed by atoms with Gasteiger partial charge in [0.25, 0.3) is 5.91 Å². The molecule has 0 radical (unpaired) electrons. The first kappa shape index (κ1) is 16.3. The third-order valence-electron chi connectivity index (χ3n) is 4.71. The molecule has 1 aliphatic carbocycles. The van der Waals surface area contributed by atoms with E-state index in [1.54, 1.807) is 24.3 Å². The van der Waals surface area contributed by atoms with E-state index in [0.29, 0.717) is 16.8 Å². The van der Waals surface area contributed by atoms with Gasteiger partial charge in [0.15, 0.2) is 0 Å². The van der Waals surface area contributed by atoms with Gasteiger partial charge < -0.3 is 10.1 Å². The average Bonchev–Trinajstić information content (AvgIpc) is 3.13. The number of hydrogen-bond donors (Lipinski definition) is 1. The fraction of sp³-hybridized carbons (Fsp3) is 0.190. The van der Waals surface area contributed by atoms with Gasteiger partial charge >= 0.3 is 5.97 Å². The van der Waals surface area contributed by atoms with Crippen LogP contribution >= 0.6 is 0 Å². The molecule has 1 amide bonds. The zero-order valence-electron chi connectivity index (χ0n) is 14.4. The summed E-state index contributed by atoms with van der Waals surface area (Å²) in [5, 5.41) is 3.82. The minimum absolute atomic E-state index is 0.146. The number of pyridine rings is 1. The van der Waals surface area contributed by atoms with Crippen LogP contribution in [-0.2, 0) is 17.6 Å². The van der Waals surface area contributed by atoms with Crippen molar-refractivity contribution >= 4 is 28.5 Å². The smallest absolute Gasteiger partial charge is 0.337 e. The molecule has 0 fully saturated rings. The highest BCUT2D eigenvalue weighted by Gasteiger charge is 2.23. The van der Waals surface area contributed by atoms with Gasteiger partial charge in [-0.05, 0) is 55.2 Å². The molecule has 0 saturated carbocycles. The van der Waals surface area contributed by atoms with Crippen LogP contribution < -0.4 is 5.32 Å². The summed E-state index contributed by atoms with van der Waals surface area (Å²) >= 11 is 0. The minimum Gasteiger partial charge on any atom is -0.465 e. The third kappa shape index (κ3) is 2.81. The molecule has 5 heteroatoms. The molecule has 0 spiro atoms. The molecule has 1 N–H and O–H groups in total. The van der Waals surface area contributed by atoms with E-state index in [1.807, 2.05) is 24.3 Å². The van der Waals surface area contributed by atoms with Gasteiger partial charge in [0.2, 0.25) is 0 Å². The van der Waals surface area contributed by atoms with E-state index in [-0.39, 0.29) is 5.91 Å². The zero-order chi connectivity index (χ0) is 18.1. The number of nitrogens with zero attached hydrogens (tertiary/aromatic N) is 1. The van der Waals surface area contributed by atoms with E-state index in [9.17, 15) is 9.59 Å². The van der Waals surface area contributed by atoms with Crippen LogP contribution in [0.25, 0.3) is 10.9 Å². The van der Waals surface area contributed by atoms with Gasteiger partial charge in [-0.3, -0.25) is 9.78 Å². The highest BCUT2D eigenvalue weighted by Crippen LogP contribution is 2.30. The normalized spacial score (nSPS) is 12.7. The number of aromatic nitrogens is 1. The van der Waals surface area contributed by atoms with Crippen LogP contribution in [0, 0.1) is 0 Å². The fourth-order valence-corrected chi connectivity index (χ4v) is 3.47. The number of hydrogen-bond acceptors (Lipinski definition) is 4. The maximum absolute atomic E-state index is 13.0. The molecule has 5 nitrogen and oxygen atoms in total. The fourth-order valence-electron chi connectivity index (χ4n) is 3.47. The predicted molar refractivity (Wildman–Crippen MR) is 99.5 cm³/mol. The molecule has 0 bridgehead atoms. The summed E-state index contributed by atoms with van der Waals surface area (Å²) in [6.45, 7) is 0. The maximum atomic E-state index is 13.0. The molecular weight excluding hydrogens is 328 g/mol. The Bertz CT molecular complexity index is 1010. The average molecular weight is 346 g/mol. The summed E-state index contributed by atoms with van der Waals surface area (Å²) in [6.07, 6.45) is 2.80. The Balaban J connectivity index is 1.70. The van der Waals surface area contributed by atoms with Crippen molar-refractivity contribution in [2.75, 3.05) is 12.4 Å². The monoisotopic (exact) mass is 346 g/mol. The topological polar surface area (TPSA) is 68.3 Å². The first-order valence-electron chi connectivity index (χ1n) is 8.57. The summed E-state index contributed by atoms with van der Waals surface area (Å²) in [4.78, 5) is 29.3. The number of carbonyl (C=O) groups excluding carboxylic acids is 2. The molecule has 4 rings (SSSR count). The highest BCUT2D eigenvalue weighted by atomic mass is 16.5. The lowest BCUT2D eigenvalue weighted by Crippen LogP contribution is -2.16. The Morgan fingerprint density at radius 3 is 2.58 bits per heavy atom. The molecule has 26 heavy (non-hydrogen) atoms. The number of carbonyl (C=O) groups is 2.